The molecule has 1 heterocycles. The zero-order valence-corrected chi connectivity index (χ0v) is 19.8. The molecular weight excluding hydrogens is 418 g/mol. The average molecular weight is 454 g/mol. The molecule has 33 heavy (non-hydrogen) atoms. The number of carbonyl (C=O) groups excluding carboxylic acids is 2. The zero-order chi connectivity index (χ0) is 23.6. The van der Waals surface area contributed by atoms with Crippen molar-refractivity contribution in [2.45, 2.75) is 26.3 Å². The number of ether oxygens (including phenoxy) is 2. The summed E-state index contributed by atoms with van der Waals surface area (Å²) in [4.78, 5) is 29.8. The van der Waals surface area contributed by atoms with E-state index < -0.39 is 6.04 Å². The van der Waals surface area contributed by atoms with E-state index in [-0.39, 0.29) is 24.3 Å². The van der Waals surface area contributed by atoms with Crippen molar-refractivity contribution < 1.29 is 19.1 Å². The molecule has 0 spiro atoms. The number of para-hydroxylation sites is 1. The van der Waals surface area contributed by atoms with E-state index in [0.29, 0.717) is 18.8 Å². The smallest absolute Gasteiger partial charge is 0.258 e. The minimum Gasteiger partial charge on any atom is -0.497 e. The van der Waals surface area contributed by atoms with Crippen molar-refractivity contribution in [3.8, 4) is 11.5 Å². The van der Waals surface area contributed by atoms with E-state index >= 15 is 0 Å². The van der Waals surface area contributed by atoms with Crippen LogP contribution in [0.2, 0.25) is 0 Å². The first-order chi connectivity index (χ1) is 16.0. The zero-order valence-electron chi connectivity index (χ0n) is 19.8. The summed E-state index contributed by atoms with van der Waals surface area (Å²) in [6.45, 7) is 7.74. The normalized spacial score (nSPS) is 15.2. The van der Waals surface area contributed by atoms with E-state index in [9.17, 15) is 9.59 Å². The molecule has 0 aliphatic carbocycles. The molecule has 3 rings (SSSR count). The van der Waals surface area contributed by atoms with Crippen molar-refractivity contribution in [1.82, 2.24) is 15.1 Å². The summed E-state index contributed by atoms with van der Waals surface area (Å²) in [5, 5.41) is 2.87. The van der Waals surface area contributed by atoms with Gasteiger partial charge in [0, 0.05) is 32.7 Å². The minimum absolute atomic E-state index is 0.00808. The fourth-order valence-corrected chi connectivity index (χ4v) is 3.86. The van der Waals surface area contributed by atoms with Gasteiger partial charge >= 0.3 is 0 Å². The van der Waals surface area contributed by atoms with Crippen LogP contribution in [0.25, 0.3) is 0 Å². The highest BCUT2D eigenvalue weighted by Gasteiger charge is 2.30. The van der Waals surface area contributed by atoms with Crippen molar-refractivity contribution in [2.24, 2.45) is 5.92 Å². The topological polar surface area (TPSA) is 71.1 Å². The quantitative estimate of drug-likeness (QED) is 0.599. The molecule has 0 aromatic heterocycles. The van der Waals surface area contributed by atoms with Gasteiger partial charge in [0.25, 0.3) is 5.91 Å². The van der Waals surface area contributed by atoms with E-state index in [4.69, 9.17) is 9.47 Å². The van der Waals surface area contributed by atoms with Crippen LogP contribution < -0.4 is 14.8 Å². The van der Waals surface area contributed by atoms with Crippen LogP contribution in [0.1, 0.15) is 19.4 Å². The van der Waals surface area contributed by atoms with Gasteiger partial charge in [-0.3, -0.25) is 14.5 Å². The Hall–Kier alpha value is -3.06. The molecule has 2 aromatic rings. The molecule has 1 saturated heterocycles. The number of hydrogen-bond acceptors (Lipinski definition) is 5. The van der Waals surface area contributed by atoms with E-state index in [2.05, 4.69) is 22.3 Å². The molecule has 0 bridgehead atoms. The fraction of sp³-hybridized carbons (Fsp3) is 0.462. The second kappa shape index (κ2) is 12.3. The number of nitrogens with one attached hydrogen (secondary N) is 1. The lowest BCUT2D eigenvalue weighted by Crippen LogP contribution is -2.57. The van der Waals surface area contributed by atoms with Crippen LogP contribution in [0.3, 0.4) is 0 Å². The monoisotopic (exact) mass is 453 g/mol. The predicted octanol–water partition coefficient (Wildman–Crippen LogP) is 2.60. The van der Waals surface area contributed by atoms with Gasteiger partial charge in [0.05, 0.1) is 7.11 Å². The fourth-order valence-electron chi connectivity index (χ4n) is 3.86. The number of methoxy groups -OCH3 is 1. The summed E-state index contributed by atoms with van der Waals surface area (Å²) in [6, 6.07) is 16.8. The molecule has 7 heteroatoms. The summed E-state index contributed by atoms with van der Waals surface area (Å²) < 4.78 is 10.7. The molecule has 2 amide bonds. The lowest BCUT2D eigenvalue weighted by atomic mass is 10.0. The number of rotatable bonds is 10. The second-order valence-electron chi connectivity index (χ2n) is 8.66. The minimum atomic E-state index is -0.553. The average Bonchev–Trinajstić information content (AvgIpc) is 2.85. The SMILES string of the molecule is COc1ccc(CCN2CCN(C(=O)C(NC(=O)COc3ccccc3)C(C)C)CC2)cc1. The first-order valence-electron chi connectivity index (χ1n) is 11.6. The van der Waals surface area contributed by atoms with Crippen molar-refractivity contribution in [3.05, 3.63) is 60.2 Å². The summed E-state index contributed by atoms with van der Waals surface area (Å²) in [6.07, 6.45) is 0.962. The van der Waals surface area contributed by atoms with E-state index in [1.165, 1.54) is 5.56 Å². The van der Waals surface area contributed by atoms with Gasteiger partial charge in [-0.15, -0.1) is 0 Å². The molecule has 0 saturated carbocycles. The molecule has 1 unspecified atom stereocenters. The Morgan fingerprint density at radius 3 is 2.21 bits per heavy atom. The van der Waals surface area contributed by atoms with E-state index in [1.807, 2.05) is 49.1 Å². The lowest BCUT2D eigenvalue weighted by Gasteiger charge is -2.37. The largest absolute Gasteiger partial charge is 0.497 e. The van der Waals surface area contributed by atoms with Crippen LogP contribution in [0.15, 0.2) is 54.6 Å². The third-order valence-corrected chi connectivity index (χ3v) is 5.92. The van der Waals surface area contributed by atoms with Crippen LogP contribution in [-0.2, 0) is 16.0 Å². The summed E-state index contributed by atoms with van der Waals surface area (Å²) in [7, 11) is 1.67. The third-order valence-electron chi connectivity index (χ3n) is 5.92. The van der Waals surface area contributed by atoms with E-state index in [0.717, 1.165) is 31.8 Å². The van der Waals surface area contributed by atoms with Gasteiger partial charge in [-0.1, -0.05) is 44.2 Å². The molecule has 7 nitrogen and oxygen atoms in total. The Morgan fingerprint density at radius 1 is 0.939 bits per heavy atom. The number of hydrogen-bond donors (Lipinski definition) is 1. The Bertz CT molecular complexity index is 878. The van der Waals surface area contributed by atoms with Crippen LogP contribution in [0, 0.1) is 5.92 Å². The molecule has 1 fully saturated rings. The lowest BCUT2D eigenvalue weighted by molar-refractivity contribution is -0.139. The van der Waals surface area contributed by atoms with E-state index in [1.54, 1.807) is 19.2 Å². The number of nitrogens with zero attached hydrogens (tertiary/aromatic N) is 2. The number of piperazine rings is 1. The number of benzene rings is 2. The van der Waals surface area contributed by atoms with Gasteiger partial charge in [-0.25, -0.2) is 0 Å². The van der Waals surface area contributed by atoms with Crippen molar-refractivity contribution in [1.29, 1.82) is 0 Å². The highest BCUT2D eigenvalue weighted by molar-refractivity contribution is 5.88. The maximum absolute atomic E-state index is 13.1. The molecule has 1 N–H and O–H groups in total. The van der Waals surface area contributed by atoms with Crippen LogP contribution in [0.4, 0.5) is 0 Å². The summed E-state index contributed by atoms with van der Waals surface area (Å²) in [5.41, 5.74) is 1.27. The standard InChI is InChI=1S/C26H35N3O4/c1-20(2)25(27-24(30)19-33-23-7-5-4-6-8-23)26(31)29-17-15-28(16-18-29)14-13-21-9-11-22(32-3)12-10-21/h4-12,20,25H,13-19H2,1-3H3,(H,27,30). The van der Waals surface area contributed by atoms with Gasteiger partial charge in [-0.05, 0) is 42.2 Å². The first-order valence-corrected chi connectivity index (χ1v) is 11.6. The maximum atomic E-state index is 13.1. The van der Waals surface area contributed by atoms with Crippen LogP contribution in [-0.4, -0.2) is 74.1 Å². The Kier molecular flexibility index (Phi) is 9.13. The molecule has 0 radical (unpaired) electrons. The maximum Gasteiger partial charge on any atom is 0.258 e. The Labute approximate surface area is 196 Å². The van der Waals surface area contributed by atoms with Crippen molar-refractivity contribution >= 4 is 11.8 Å². The molecule has 178 valence electrons. The predicted molar refractivity (Wildman–Crippen MR) is 128 cm³/mol. The van der Waals surface area contributed by atoms with Crippen LogP contribution in [0.5, 0.6) is 11.5 Å². The van der Waals surface area contributed by atoms with Gasteiger partial charge in [-0.2, -0.15) is 0 Å². The highest BCUT2D eigenvalue weighted by atomic mass is 16.5. The molecule has 1 atom stereocenters. The van der Waals surface area contributed by atoms with Crippen molar-refractivity contribution in [2.75, 3.05) is 46.4 Å². The third kappa shape index (κ3) is 7.49. The van der Waals surface area contributed by atoms with Gasteiger partial charge < -0.3 is 19.7 Å². The molecule has 1 aliphatic heterocycles. The van der Waals surface area contributed by atoms with Gasteiger partial charge in [0.1, 0.15) is 17.5 Å². The first kappa shape index (κ1) is 24.6. The van der Waals surface area contributed by atoms with Crippen LogP contribution >= 0.6 is 0 Å². The summed E-state index contributed by atoms with van der Waals surface area (Å²) in [5.74, 6) is 1.18. The molecule has 2 aromatic carbocycles. The van der Waals surface area contributed by atoms with Gasteiger partial charge in [0.15, 0.2) is 6.61 Å². The summed E-state index contributed by atoms with van der Waals surface area (Å²) >= 11 is 0. The Morgan fingerprint density at radius 2 is 1.61 bits per heavy atom. The second-order valence-corrected chi connectivity index (χ2v) is 8.66. The number of amides is 2. The Balaban J connectivity index is 1.44. The number of carbonyl (C=O) groups is 2. The highest BCUT2D eigenvalue weighted by Crippen LogP contribution is 2.14. The molecular formula is C26H35N3O4. The molecule has 1 aliphatic rings. The van der Waals surface area contributed by atoms with Crippen molar-refractivity contribution in [3.63, 3.8) is 0 Å². The van der Waals surface area contributed by atoms with Gasteiger partial charge in [0.2, 0.25) is 5.91 Å².